The zero-order chi connectivity index (χ0) is 19.2. The standard InChI is InChI=1S/C18H15ClFN5OS/c1-25-17(12-6-8-14(19)9-7-12)23-24-18(25)27-11-16(26)22-21-10-13-4-2-3-5-15(13)20/h2-10H,11H2,1H3,(H,22,26)/b21-10-. The van der Waals surface area contributed by atoms with Crippen molar-refractivity contribution in [1.82, 2.24) is 20.2 Å². The molecule has 27 heavy (non-hydrogen) atoms. The molecular weight excluding hydrogens is 389 g/mol. The summed E-state index contributed by atoms with van der Waals surface area (Å²) in [6.07, 6.45) is 1.26. The summed E-state index contributed by atoms with van der Waals surface area (Å²) >= 11 is 7.12. The van der Waals surface area contributed by atoms with E-state index >= 15 is 0 Å². The van der Waals surface area contributed by atoms with E-state index in [2.05, 4.69) is 20.7 Å². The number of nitrogens with zero attached hydrogens (tertiary/aromatic N) is 4. The molecule has 0 bridgehead atoms. The highest BCUT2D eigenvalue weighted by atomic mass is 35.5. The van der Waals surface area contributed by atoms with Crippen LogP contribution in [-0.2, 0) is 11.8 Å². The lowest BCUT2D eigenvalue weighted by atomic mass is 10.2. The van der Waals surface area contributed by atoms with Crippen molar-refractivity contribution >= 4 is 35.5 Å². The van der Waals surface area contributed by atoms with Gasteiger partial charge in [0.15, 0.2) is 11.0 Å². The minimum Gasteiger partial charge on any atom is -0.305 e. The Morgan fingerprint density at radius 3 is 2.74 bits per heavy atom. The van der Waals surface area contributed by atoms with Crippen molar-refractivity contribution in [2.24, 2.45) is 12.1 Å². The highest BCUT2D eigenvalue weighted by molar-refractivity contribution is 7.99. The predicted molar refractivity (Wildman–Crippen MR) is 104 cm³/mol. The minimum atomic E-state index is -0.404. The van der Waals surface area contributed by atoms with Gasteiger partial charge in [0.05, 0.1) is 12.0 Å². The first-order chi connectivity index (χ1) is 13.0. The summed E-state index contributed by atoms with van der Waals surface area (Å²) in [6.45, 7) is 0. The predicted octanol–water partition coefficient (Wildman–Crippen LogP) is 3.52. The maximum absolute atomic E-state index is 13.5. The van der Waals surface area contributed by atoms with Crippen molar-refractivity contribution in [3.63, 3.8) is 0 Å². The molecule has 0 atom stereocenters. The average molecular weight is 404 g/mol. The maximum atomic E-state index is 13.5. The van der Waals surface area contributed by atoms with Gasteiger partial charge in [-0.2, -0.15) is 5.10 Å². The Labute approximate surface area is 164 Å². The molecule has 0 aliphatic carbocycles. The van der Waals surface area contributed by atoms with E-state index in [0.29, 0.717) is 21.6 Å². The molecule has 0 spiro atoms. The van der Waals surface area contributed by atoms with Crippen molar-refractivity contribution in [2.75, 3.05) is 5.75 Å². The molecule has 0 saturated heterocycles. The van der Waals surface area contributed by atoms with Gasteiger partial charge in [-0.15, -0.1) is 10.2 Å². The van der Waals surface area contributed by atoms with E-state index < -0.39 is 5.82 Å². The zero-order valence-electron chi connectivity index (χ0n) is 14.3. The van der Waals surface area contributed by atoms with Gasteiger partial charge in [-0.25, -0.2) is 9.82 Å². The number of amides is 1. The van der Waals surface area contributed by atoms with Crippen molar-refractivity contribution < 1.29 is 9.18 Å². The topological polar surface area (TPSA) is 72.2 Å². The normalized spacial score (nSPS) is 11.1. The van der Waals surface area contributed by atoms with Crippen LogP contribution in [0.15, 0.2) is 58.8 Å². The van der Waals surface area contributed by atoms with Gasteiger partial charge in [0, 0.05) is 23.2 Å². The third-order valence-corrected chi connectivity index (χ3v) is 4.84. The smallest absolute Gasteiger partial charge is 0.250 e. The number of rotatable bonds is 6. The second-order valence-electron chi connectivity index (χ2n) is 5.48. The van der Waals surface area contributed by atoms with Crippen molar-refractivity contribution in [1.29, 1.82) is 0 Å². The Morgan fingerprint density at radius 1 is 1.26 bits per heavy atom. The molecule has 3 rings (SSSR count). The van der Waals surface area contributed by atoms with E-state index in [4.69, 9.17) is 11.6 Å². The first-order valence-electron chi connectivity index (χ1n) is 7.89. The summed E-state index contributed by atoms with van der Waals surface area (Å²) in [7, 11) is 1.82. The molecule has 0 unspecified atom stereocenters. The molecule has 1 heterocycles. The molecular formula is C18H15ClFN5OS. The van der Waals surface area contributed by atoms with E-state index in [9.17, 15) is 9.18 Å². The molecule has 0 aliphatic heterocycles. The molecule has 0 fully saturated rings. The van der Waals surface area contributed by atoms with E-state index in [1.165, 1.54) is 24.0 Å². The summed E-state index contributed by atoms with van der Waals surface area (Å²) in [6, 6.07) is 13.4. The summed E-state index contributed by atoms with van der Waals surface area (Å²) in [4.78, 5) is 11.9. The summed E-state index contributed by atoms with van der Waals surface area (Å²) < 4.78 is 15.3. The molecule has 3 aromatic rings. The van der Waals surface area contributed by atoms with Gasteiger partial charge >= 0.3 is 0 Å². The number of carbonyl (C=O) groups is 1. The molecule has 1 N–H and O–H groups in total. The molecule has 9 heteroatoms. The fourth-order valence-electron chi connectivity index (χ4n) is 2.21. The number of nitrogens with one attached hydrogen (secondary N) is 1. The van der Waals surface area contributed by atoms with Crippen LogP contribution in [0.4, 0.5) is 4.39 Å². The molecule has 6 nitrogen and oxygen atoms in total. The average Bonchev–Trinajstić information content (AvgIpc) is 3.03. The van der Waals surface area contributed by atoms with Crippen LogP contribution in [0.1, 0.15) is 5.56 Å². The second-order valence-corrected chi connectivity index (χ2v) is 6.85. The number of carbonyl (C=O) groups excluding carboxylic acids is 1. The van der Waals surface area contributed by atoms with Crippen molar-refractivity contribution in [3.8, 4) is 11.4 Å². The monoisotopic (exact) mass is 403 g/mol. The van der Waals surface area contributed by atoms with Gasteiger partial charge < -0.3 is 4.57 Å². The highest BCUT2D eigenvalue weighted by Gasteiger charge is 2.12. The van der Waals surface area contributed by atoms with Crippen LogP contribution in [0.2, 0.25) is 5.02 Å². The summed E-state index contributed by atoms with van der Waals surface area (Å²) in [5.41, 5.74) is 3.54. The summed E-state index contributed by atoms with van der Waals surface area (Å²) in [5, 5.41) is 13.2. The van der Waals surface area contributed by atoms with E-state index in [0.717, 1.165) is 5.56 Å². The number of hydrazone groups is 1. The molecule has 0 saturated carbocycles. The molecule has 1 amide bonds. The van der Waals surface area contributed by atoms with Crippen molar-refractivity contribution in [2.45, 2.75) is 5.16 Å². The number of hydrogen-bond donors (Lipinski definition) is 1. The Bertz CT molecular complexity index is 974. The molecule has 0 aliphatic rings. The number of halogens is 2. The summed E-state index contributed by atoms with van der Waals surface area (Å²) in [5.74, 6) is 0.0377. The van der Waals surface area contributed by atoms with Gasteiger partial charge in [-0.05, 0) is 30.3 Å². The number of thioether (sulfide) groups is 1. The van der Waals surface area contributed by atoms with Gasteiger partial charge in [-0.3, -0.25) is 4.79 Å². The minimum absolute atomic E-state index is 0.0984. The van der Waals surface area contributed by atoms with Crippen LogP contribution in [0.25, 0.3) is 11.4 Å². The quantitative estimate of drug-likeness (QED) is 0.388. The first kappa shape index (κ1) is 19.1. The molecule has 1 aromatic heterocycles. The van der Waals surface area contributed by atoms with Crippen LogP contribution >= 0.6 is 23.4 Å². The van der Waals surface area contributed by atoms with Crippen molar-refractivity contribution in [3.05, 3.63) is 64.9 Å². The highest BCUT2D eigenvalue weighted by Crippen LogP contribution is 2.23. The van der Waals surface area contributed by atoms with Gasteiger partial charge in [0.1, 0.15) is 5.82 Å². The Morgan fingerprint density at radius 2 is 2.00 bits per heavy atom. The first-order valence-corrected chi connectivity index (χ1v) is 9.25. The fraction of sp³-hybridized carbons (Fsp3) is 0.111. The van der Waals surface area contributed by atoms with E-state index in [1.807, 2.05) is 19.2 Å². The van der Waals surface area contributed by atoms with E-state index in [1.54, 1.807) is 34.9 Å². The Hall–Kier alpha value is -2.71. The molecule has 0 radical (unpaired) electrons. The number of benzene rings is 2. The lowest BCUT2D eigenvalue weighted by Gasteiger charge is -2.04. The Kier molecular flexibility index (Phi) is 6.20. The van der Waals surface area contributed by atoms with E-state index in [-0.39, 0.29) is 11.7 Å². The lowest BCUT2D eigenvalue weighted by molar-refractivity contribution is -0.118. The largest absolute Gasteiger partial charge is 0.305 e. The molecule has 138 valence electrons. The molecule has 2 aromatic carbocycles. The van der Waals surface area contributed by atoms with Crippen LogP contribution < -0.4 is 5.43 Å². The fourth-order valence-corrected chi connectivity index (χ4v) is 3.04. The van der Waals surface area contributed by atoms with Gasteiger partial charge in [0.2, 0.25) is 0 Å². The SMILES string of the molecule is Cn1c(SCC(=O)N/N=C\c2ccccc2F)nnc1-c1ccc(Cl)cc1. The third-order valence-electron chi connectivity index (χ3n) is 3.57. The lowest BCUT2D eigenvalue weighted by Crippen LogP contribution is -2.20. The van der Waals surface area contributed by atoms with Crippen LogP contribution in [0.3, 0.4) is 0 Å². The maximum Gasteiger partial charge on any atom is 0.250 e. The number of hydrogen-bond acceptors (Lipinski definition) is 5. The Balaban J connectivity index is 1.56. The van der Waals surface area contributed by atoms with Gasteiger partial charge in [-0.1, -0.05) is 41.6 Å². The van der Waals surface area contributed by atoms with Crippen LogP contribution in [0, 0.1) is 5.82 Å². The van der Waals surface area contributed by atoms with Crippen LogP contribution in [0.5, 0.6) is 0 Å². The van der Waals surface area contributed by atoms with Gasteiger partial charge in [0.25, 0.3) is 5.91 Å². The second kappa shape index (κ2) is 8.79. The number of aromatic nitrogens is 3. The zero-order valence-corrected chi connectivity index (χ0v) is 15.8. The van der Waals surface area contributed by atoms with Crippen LogP contribution in [-0.4, -0.2) is 32.6 Å². The third kappa shape index (κ3) is 4.93.